The first kappa shape index (κ1) is 16.7. The molecule has 0 saturated carbocycles. The van der Waals surface area contributed by atoms with E-state index in [4.69, 9.17) is 11.6 Å². The second-order valence-corrected chi connectivity index (χ2v) is 9.04. The van der Waals surface area contributed by atoms with Gasteiger partial charge in [0.15, 0.2) is 0 Å². The van der Waals surface area contributed by atoms with Crippen LogP contribution in [0.15, 0.2) is 42.5 Å². The van der Waals surface area contributed by atoms with Crippen molar-refractivity contribution in [2.75, 3.05) is 28.8 Å². The van der Waals surface area contributed by atoms with Crippen LogP contribution in [0.5, 0.6) is 0 Å². The fourth-order valence-electron chi connectivity index (χ4n) is 3.67. The molecule has 25 heavy (non-hydrogen) atoms. The van der Waals surface area contributed by atoms with Crippen molar-refractivity contribution in [3.8, 4) is 0 Å². The number of rotatable bonds is 4. The fraction of sp³-hybridized carbons (Fsp3) is 0.368. The van der Waals surface area contributed by atoms with Crippen molar-refractivity contribution >= 4 is 33.0 Å². The Labute approximate surface area is 154 Å². The summed E-state index contributed by atoms with van der Waals surface area (Å²) in [7, 11) is -3.41. The minimum atomic E-state index is -3.41. The van der Waals surface area contributed by atoms with E-state index >= 15 is 0 Å². The average Bonchev–Trinajstić information content (AvgIpc) is 3.25. The first-order chi connectivity index (χ1) is 12.0. The van der Waals surface area contributed by atoms with E-state index in [0.717, 1.165) is 42.0 Å². The summed E-state index contributed by atoms with van der Waals surface area (Å²) in [5.74, 6) is -0.00243. The highest BCUT2D eigenvalue weighted by Gasteiger charge is 2.30. The van der Waals surface area contributed by atoms with Crippen LogP contribution in [0.25, 0.3) is 0 Å². The van der Waals surface area contributed by atoms with Crippen LogP contribution in [0.4, 0.5) is 11.4 Å². The molecule has 0 radical (unpaired) electrons. The molecule has 0 N–H and O–H groups in total. The summed E-state index contributed by atoms with van der Waals surface area (Å²) in [4.78, 5) is 2.34. The Morgan fingerprint density at radius 3 is 2.40 bits per heavy atom. The number of anilines is 2. The van der Waals surface area contributed by atoms with E-state index < -0.39 is 10.0 Å². The van der Waals surface area contributed by atoms with E-state index in [1.165, 1.54) is 12.8 Å². The third-order valence-corrected chi connectivity index (χ3v) is 6.99. The fourth-order valence-corrected chi connectivity index (χ4v) is 5.40. The number of nitrogens with zero attached hydrogens (tertiary/aromatic N) is 2. The zero-order chi connectivity index (χ0) is 17.4. The minimum Gasteiger partial charge on any atom is -0.371 e. The van der Waals surface area contributed by atoms with Crippen LogP contribution in [0.2, 0.25) is 5.02 Å². The number of fused-ring (bicyclic) bond motifs is 1. The van der Waals surface area contributed by atoms with Crippen molar-refractivity contribution in [2.45, 2.75) is 25.0 Å². The Bertz CT molecular complexity index is 875. The van der Waals surface area contributed by atoms with E-state index in [1.54, 1.807) is 28.6 Å². The van der Waals surface area contributed by atoms with Crippen LogP contribution in [-0.4, -0.2) is 28.1 Å². The number of sulfonamides is 1. The molecule has 2 heterocycles. The van der Waals surface area contributed by atoms with Crippen molar-refractivity contribution in [3.63, 3.8) is 0 Å². The summed E-state index contributed by atoms with van der Waals surface area (Å²) in [6, 6.07) is 13.3. The molecule has 0 aliphatic carbocycles. The van der Waals surface area contributed by atoms with Gasteiger partial charge in [0.1, 0.15) is 0 Å². The lowest BCUT2D eigenvalue weighted by molar-refractivity contribution is 0.591. The van der Waals surface area contributed by atoms with Crippen LogP contribution in [-0.2, 0) is 22.2 Å². The molecule has 4 rings (SSSR count). The van der Waals surface area contributed by atoms with E-state index in [-0.39, 0.29) is 5.75 Å². The molecule has 132 valence electrons. The van der Waals surface area contributed by atoms with E-state index in [9.17, 15) is 8.42 Å². The van der Waals surface area contributed by atoms with Crippen LogP contribution in [0.1, 0.15) is 24.0 Å². The monoisotopic (exact) mass is 376 g/mol. The SMILES string of the molecule is O=S(=O)(Cc1ccc(Cl)cc1)N1CCc2ccc(N3CCCC3)cc21. The van der Waals surface area contributed by atoms with Gasteiger partial charge in [0.25, 0.3) is 0 Å². The predicted octanol–water partition coefficient (Wildman–Crippen LogP) is 3.83. The van der Waals surface area contributed by atoms with Crippen molar-refractivity contribution in [1.29, 1.82) is 0 Å². The van der Waals surface area contributed by atoms with Gasteiger partial charge in [-0.3, -0.25) is 4.31 Å². The maximum absolute atomic E-state index is 13.0. The summed E-state index contributed by atoms with van der Waals surface area (Å²) in [6.07, 6.45) is 3.18. The molecular weight excluding hydrogens is 356 g/mol. The van der Waals surface area contributed by atoms with E-state index in [1.807, 2.05) is 6.07 Å². The zero-order valence-corrected chi connectivity index (χ0v) is 15.6. The number of halogens is 1. The van der Waals surface area contributed by atoms with Crippen LogP contribution in [0, 0.1) is 0 Å². The molecule has 0 aromatic heterocycles. The molecule has 1 saturated heterocycles. The third-order valence-electron chi connectivity index (χ3n) is 4.99. The maximum Gasteiger partial charge on any atom is 0.239 e. The average molecular weight is 377 g/mol. The lowest BCUT2D eigenvalue weighted by Crippen LogP contribution is -2.30. The summed E-state index contributed by atoms with van der Waals surface area (Å²) in [5.41, 5.74) is 3.85. The molecule has 1 fully saturated rings. The molecule has 2 aliphatic rings. The molecule has 0 atom stereocenters. The Morgan fingerprint density at radius 1 is 0.960 bits per heavy atom. The number of hydrogen-bond acceptors (Lipinski definition) is 3. The summed E-state index contributed by atoms with van der Waals surface area (Å²) >= 11 is 5.89. The van der Waals surface area contributed by atoms with E-state index in [0.29, 0.717) is 11.6 Å². The quantitative estimate of drug-likeness (QED) is 0.814. The van der Waals surface area contributed by atoms with Gasteiger partial charge in [0, 0.05) is 30.3 Å². The molecule has 0 unspecified atom stereocenters. The zero-order valence-electron chi connectivity index (χ0n) is 14.0. The highest BCUT2D eigenvalue weighted by molar-refractivity contribution is 7.92. The topological polar surface area (TPSA) is 40.6 Å². The minimum absolute atomic E-state index is 0.00243. The molecular formula is C19H21ClN2O2S. The second-order valence-electron chi connectivity index (χ2n) is 6.71. The van der Waals surface area contributed by atoms with Gasteiger partial charge >= 0.3 is 0 Å². The Kier molecular flexibility index (Phi) is 4.38. The van der Waals surface area contributed by atoms with Gasteiger partial charge in [0.2, 0.25) is 10.0 Å². The van der Waals surface area contributed by atoms with Gasteiger partial charge in [0.05, 0.1) is 11.4 Å². The Hall–Kier alpha value is -1.72. The molecule has 2 aromatic rings. The van der Waals surface area contributed by atoms with Gasteiger partial charge in [-0.05, 0) is 54.7 Å². The summed E-state index contributed by atoms with van der Waals surface area (Å²) < 4.78 is 27.5. The lowest BCUT2D eigenvalue weighted by Gasteiger charge is -2.23. The van der Waals surface area contributed by atoms with E-state index in [2.05, 4.69) is 17.0 Å². The van der Waals surface area contributed by atoms with Crippen LogP contribution in [0.3, 0.4) is 0 Å². The standard InChI is InChI=1S/C19H21ClN2O2S/c20-17-6-3-15(4-7-17)14-25(23,24)22-12-9-16-5-8-18(13-19(16)22)21-10-1-2-11-21/h3-8,13H,1-2,9-12,14H2. The number of hydrogen-bond donors (Lipinski definition) is 0. The van der Waals surface area contributed by atoms with Crippen LogP contribution >= 0.6 is 11.6 Å². The third kappa shape index (κ3) is 3.35. The molecule has 2 aromatic carbocycles. The van der Waals surface area contributed by atoms with Gasteiger partial charge < -0.3 is 4.90 Å². The largest absolute Gasteiger partial charge is 0.371 e. The predicted molar refractivity (Wildman–Crippen MR) is 103 cm³/mol. The Morgan fingerprint density at radius 2 is 1.68 bits per heavy atom. The first-order valence-electron chi connectivity index (χ1n) is 8.66. The van der Waals surface area contributed by atoms with Gasteiger partial charge in [-0.2, -0.15) is 0 Å². The molecule has 4 nitrogen and oxygen atoms in total. The van der Waals surface area contributed by atoms with Gasteiger partial charge in [-0.15, -0.1) is 0 Å². The van der Waals surface area contributed by atoms with Gasteiger partial charge in [-0.25, -0.2) is 8.42 Å². The molecule has 0 spiro atoms. The van der Waals surface area contributed by atoms with Crippen molar-refractivity contribution in [2.24, 2.45) is 0 Å². The molecule has 2 aliphatic heterocycles. The molecule has 0 bridgehead atoms. The first-order valence-corrected chi connectivity index (χ1v) is 10.6. The smallest absolute Gasteiger partial charge is 0.239 e. The Balaban J connectivity index is 1.61. The highest BCUT2D eigenvalue weighted by Crippen LogP contribution is 2.35. The van der Waals surface area contributed by atoms with Crippen molar-refractivity contribution in [3.05, 3.63) is 58.6 Å². The molecule has 6 heteroatoms. The van der Waals surface area contributed by atoms with Crippen molar-refractivity contribution < 1.29 is 8.42 Å². The molecule has 0 amide bonds. The van der Waals surface area contributed by atoms with Crippen LogP contribution < -0.4 is 9.21 Å². The normalized spacial score (nSPS) is 17.2. The van der Waals surface area contributed by atoms with Gasteiger partial charge in [-0.1, -0.05) is 29.8 Å². The second kappa shape index (κ2) is 6.54. The lowest BCUT2D eigenvalue weighted by atomic mass is 10.1. The van der Waals surface area contributed by atoms with Crippen molar-refractivity contribution in [1.82, 2.24) is 0 Å². The maximum atomic E-state index is 13.0. The summed E-state index contributed by atoms with van der Waals surface area (Å²) in [5, 5.41) is 0.614. The summed E-state index contributed by atoms with van der Waals surface area (Å²) in [6.45, 7) is 2.63. The number of benzene rings is 2. The highest BCUT2D eigenvalue weighted by atomic mass is 35.5.